The Morgan fingerprint density at radius 2 is 2.25 bits per heavy atom. The van der Waals surface area contributed by atoms with Gasteiger partial charge in [-0.3, -0.25) is 5.41 Å². The molecule has 1 aliphatic carbocycles. The topological polar surface area (TPSA) is 68.3 Å². The fraction of sp³-hybridized carbons (Fsp3) is 0.533. The number of hydrogen-bond donors (Lipinski definition) is 2. The minimum atomic E-state index is -0.0592. The Balaban J connectivity index is 1.77. The highest BCUT2D eigenvalue weighted by Crippen LogP contribution is 2.43. The summed E-state index contributed by atoms with van der Waals surface area (Å²) >= 11 is 6.11. The van der Waals surface area contributed by atoms with Crippen LogP contribution >= 0.6 is 11.6 Å². The molecule has 0 radical (unpaired) electrons. The molecule has 1 aliphatic heterocycles. The van der Waals surface area contributed by atoms with E-state index in [9.17, 15) is 0 Å². The van der Waals surface area contributed by atoms with Gasteiger partial charge in [0.15, 0.2) is 0 Å². The van der Waals surface area contributed by atoms with Gasteiger partial charge in [-0.2, -0.15) is 0 Å². The van der Waals surface area contributed by atoms with Crippen molar-refractivity contribution in [2.75, 3.05) is 6.61 Å². The van der Waals surface area contributed by atoms with Crippen molar-refractivity contribution in [1.82, 2.24) is 0 Å². The Bertz CT molecular complexity index is 529. The van der Waals surface area contributed by atoms with Crippen LogP contribution in [0.1, 0.15) is 37.7 Å². The van der Waals surface area contributed by atoms with Gasteiger partial charge in [0.1, 0.15) is 17.7 Å². The number of benzene rings is 1. The fourth-order valence-electron chi connectivity index (χ4n) is 3.05. The maximum atomic E-state index is 7.65. The summed E-state index contributed by atoms with van der Waals surface area (Å²) in [5.41, 5.74) is 6.13. The highest BCUT2D eigenvalue weighted by molar-refractivity contribution is 6.34. The van der Waals surface area contributed by atoms with Gasteiger partial charge in [-0.15, -0.1) is 0 Å². The van der Waals surface area contributed by atoms with E-state index >= 15 is 0 Å². The van der Waals surface area contributed by atoms with Crippen molar-refractivity contribution in [3.63, 3.8) is 0 Å². The van der Waals surface area contributed by atoms with Crippen molar-refractivity contribution in [3.05, 3.63) is 28.8 Å². The first kappa shape index (κ1) is 13.7. The Morgan fingerprint density at radius 1 is 1.45 bits per heavy atom. The van der Waals surface area contributed by atoms with Crippen LogP contribution in [-0.4, -0.2) is 24.1 Å². The van der Waals surface area contributed by atoms with Gasteiger partial charge in [0.25, 0.3) is 0 Å². The number of rotatable bonds is 3. The minimum Gasteiger partial charge on any atom is -0.489 e. The first-order valence-electron chi connectivity index (χ1n) is 7.03. The second kappa shape index (κ2) is 5.26. The molecule has 1 saturated heterocycles. The van der Waals surface area contributed by atoms with E-state index in [0.717, 1.165) is 32.3 Å². The smallest absolute Gasteiger partial charge is 0.132 e. The van der Waals surface area contributed by atoms with E-state index in [1.165, 1.54) is 6.42 Å². The van der Waals surface area contributed by atoms with Crippen molar-refractivity contribution >= 4 is 17.4 Å². The lowest BCUT2D eigenvalue weighted by Gasteiger charge is -2.47. The van der Waals surface area contributed by atoms with Gasteiger partial charge in [-0.1, -0.05) is 17.7 Å². The van der Waals surface area contributed by atoms with E-state index in [1.807, 2.05) is 12.1 Å². The molecule has 1 heterocycles. The Labute approximate surface area is 123 Å². The number of amidine groups is 1. The molecule has 3 N–H and O–H groups in total. The molecule has 0 amide bonds. The molecule has 2 fully saturated rings. The van der Waals surface area contributed by atoms with Crippen LogP contribution in [0.3, 0.4) is 0 Å². The van der Waals surface area contributed by atoms with Gasteiger partial charge < -0.3 is 15.2 Å². The van der Waals surface area contributed by atoms with Crippen LogP contribution in [0.25, 0.3) is 0 Å². The molecular formula is C15H19ClN2O2. The standard InChI is InChI=1S/C15H19ClN2O2/c16-11-3-1-4-12(13(11)14(17)18)20-10-5-8-19-15(9-10)6-2-7-15/h1,3-4,10H,2,5-9H2,(H3,17,18). The SMILES string of the molecule is N=C(N)c1c(Cl)cccc1OC1CCOC2(CCC2)C1. The zero-order valence-electron chi connectivity index (χ0n) is 11.3. The Morgan fingerprint density at radius 3 is 2.90 bits per heavy atom. The summed E-state index contributed by atoms with van der Waals surface area (Å²) in [6.07, 6.45) is 5.38. The molecule has 0 aromatic heterocycles. The summed E-state index contributed by atoms with van der Waals surface area (Å²) < 4.78 is 12.0. The number of hydrogen-bond acceptors (Lipinski definition) is 3. The number of nitrogens with two attached hydrogens (primary N) is 1. The van der Waals surface area contributed by atoms with E-state index in [0.29, 0.717) is 16.3 Å². The number of nitrogen functional groups attached to an aromatic ring is 1. The maximum Gasteiger partial charge on any atom is 0.132 e. The molecule has 5 heteroatoms. The van der Waals surface area contributed by atoms with Gasteiger partial charge >= 0.3 is 0 Å². The lowest BCUT2D eigenvalue weighted by Crippen LogP contribution is -2.48. The zero-order chi connectivity index (χ0) is 14.2. The predicted octanol–water partition coefficient (Wildman–Crippen LogP) is 3.10. The fourth-order valence-corrected chi connectivity index (χ4v) is 3.31. The van der Waals surface area contributed by atoms with Crippen LogP contribution in [0, 0.1) is 5.41 Å². The molecule has 1 aromatic carbocycles. The molecule has 3 rings (SSSR count). The number of halogens is 1. The molecule has 4 nitrogen and oxygen atoms in total. The summed E-state index contributed by atoms with van der Waals surface area (Å²) in [5.74, 6) is 0.544. The third-order valence-electron chi connectivity index (χ3n) is 4.25. The van der Waals surface area contributed by atoms with Crippen molar-refractivity contribution in [1.29, 1.82) is 5.41 Å². The van der Waals surface area contributed by atoms with Crippen LogP contribution < -0.4 is 10.5 Å². The molecule has 1 atom stereocenters. The van der Waals surface area contributed by atoms with E-state index in [1.54, 1.807) is 6.07 Å². The predicted molar refractivity (Wildman–Crippen MR) is 78.7 cm³/mol. The summed E-state index contributed by atoms with van der Waals surface area (Å²) in [5, 5.41) is 8.11. The molecule has 108 valence electrons. The van der Waals surface area contributed by atoms with Crippen LogP contribution in [0.5, 0.6) is 5.75 Å². The normalized spacial score (nSPS) is 24.1. The van der Waals surface area contributed by atoms with Gasteiger partial charge in [-0.05, 0) is 31.4 Å². The third kappa shape index (κ3) is 2.50. The van der Waals surface area contributed by atoms with Gasteiger partial charge in [-0.25, -0.2) is 0 Å². The lowest BCUT2D eigenvalue weighted by atomic mass is 9.74. The van der Waals surface area contributed by atoms with Crippen molar-refractivity contribution in [3.8, 4) is 5.75 Å². The first-order chi connectivity index (χ1) is 9.60. The summed E-state index contributed by atoms with van der Waals surface area (Å²) in [7, 11) is 0. The molecule has 2 aliphatic rings. The summed E-state index contributed by atoms with van der Waals surface area (Å²) in [6.45, 7) is 0.737. The van der Waals surface area contributed by atoms with Crippen molar-refractivity contribution < 1.29 is 9.47 Å². The van der Waals surface area contributed by atoms with E-state index in [-0.39, 0.29) is 17.5 Å². The van der Waals surface area contributed by atoms with Gasteiger partial charge in [0, 0.05) is 12.8 Å². The second-order valence-corrected chi connectivity index (χ2v) is 6.05. The number of ether oxygens (including phenoxy) is 2. The van der Waals surface area contributed by atoms with Crippen LogP contribution in [0.15, 0.2) is 18.2 Å². The molecule has 0 bridgehead atoms. The van der Waals surface area contributed by atoms with Crippen molar-refractivity contribution in [2.24, 2.45) is 5.73 Å². The highest BCUT2D eigenvalue weighted by Gasteiger charge is 2.43. The monoisotopic (exact) mass is 294 g/mol. The maximum absolute atomic E-state index is 7.65. The van der Waals surface area contributed by atoms with Gasteiger partial charge in [0.2, 0.25) is 0 Å². The summed E-state index contributed by atoms with van der Waals surface area (Å²) in [4.78, 5) is 0. The van der Waals surface area contributed by atoms with Crippen LogP contribution in [0.2, 0.25) is 5.02 Å². The molecule has 1 aromatic rings. The molecule has 20 heavy (non-hydrogen) atoms. The van der Waals surface area contributed by atoms with E-state index < -0.39 is 0 Å². The Hall–Kier alpha value is -1.26. The number of nitrogens with one attached hydrogen (secondary N) is 1. The van der Waals surface area contributed by atoms with Crippen LogP contribution in [-0.2, 0) is 4.74 Å². The van der Waals surface area contributed by atoms with E-state index in [2.05, 4.69) is 0 Å². The molecule has 1 unspecified atom stereocenters. The molecule has 1 saturated carbocycles. The Kier molecular flexibility index (Phi) is 3.61. The third-order valence-corrected chi connectivity index (χ3v) is 4.57. The summed E-state index contributed by atoms with van der Waals surface area (Å²) in [6, 6.07) is 5.37. The molecule has 1 spiro atoms. The average molecular weight is 295 g/mol. The lowest BCUT2D eigenvalue weighted by molar-refractivity contribution is -0.153. The van der Waals surface area contributed by atoms with Crippen LogP contribution in [0.4, 0.5) is 0 Å². The molecular weight excluding hydrogens is 276 g/mol. The first-order valence-corrected chi connectivity index (χ1v) is 7.41. The van der Waals surface area contributed by atoms with Gasteiger partial charge in [0.05, 0.1) is 22.8 Å². The second-order valence-electron chi connectivity index (χ2n) is 5.64. The average Bonchev–Trinajstić information content (AvgIpc) is 2.37. The quantitative estimate of drug-likeness (QED) is 0.665. The van der Waals surface area contributed by atoms with Crippen molar-refractivity contribution in [2.45, 2.75) is 43.8 Å². The zero-order valence-corrected chi connectivity index (χ0v) is 12.1. The highest BCUT2D eigenvalue weighted by atomic mass is 35.5. The largest absolute Gasteiger partial charge is 0.489 e. The van der Waals surface area contributed by atoms with E-state index in [4.69, 9.17) is 32.2 Å². The minimum absolute atomic E-state index is 0.0396.